The Morgan fingerprint density at radius 1 is 1.14 bits per heavy atom. The lowest BCUT2D eigenvalue weighted by Crippen LogP contribution is -2.65. The van der Waals surface area contributed by atoms with E-state index in [9.17, 15) is 33.1 Å². The maximum absolute atomic E-state index is 13.4. The first kappa shape index (κ1) is 33.8. The molecule has 0 aliphatic heterocycles. The first-order valence-corrected chi connectivity index (χ1v) is 18.4. The van der Waals surface area contributed by atoms with Crippen LogP contribution in [0.15, 0.2) is 24.5 Å². The number of pyridine rings is 1. The molecule has 1 amide bonds. The van der Waals surface area contributed by atoms with Gasteiger partial charge >= 0.3 is 0 Å². The van der Waals surface area contributed by atoms with E-state index in [1.54, 1.807) is 18.5 Å². The molecule has 1 aromatic rings. The molecule has 4 aliphatic carbocycles. The van der Waals surface area contributed by atoms with E-state index in [4.69, 9.17) is 0 Å². The zero-order chi connectivity index (χ0) is 32.0. The molecular formula is C34H53N2O7S-. The smallest absolute Gasteiger partial charge is 0.222 e. The van der Waals surface area contributed by atoms with Crippen LogP contribution in [0.1, 0.15) is 91.0 Å². The molecule has 248 valence electrons. The fraction of sp³-hybridized carbons (Fsp3) is 0.824. The molecule has 4 fully saturated rings. The van der Waals surface area contributed by atoms with E-state index in [0.29, 0.717) is 12.8 Å². The molecule has 1 heterocycles. The standard InChI is InChI=1S/C34H54N2O7S/c1-5-24-27-17-23(37)12-13-33(27,3)28-18-29(38)34(4)25(9-10-26(34)31(28)32(24)40)21(2)8-11-30(39)36(15-16-44(41,42)43)20-22-7-6-14-35-19-22/h6-7,14,19,21,23-29,31-32,37-38,40H,5,8-13,15-18,20H2,1-4H3,(H,41,42,43)/p-1/t21-,23-,24-,25-,26+,27+,28+,29+,31+,32-,33+,34-/m1/s1. The molecule has 0 unspecified atom stereocenters. The van der Waals surface area contributed by atoms with Gasteiger partial charge in [0.05, 0.1) is 34.2 Å². The SMILES string of the molecule is CC[C@H]1[C@@H](O)[C@@H]2[C@H](C[C@H](O)[C@]3(C)[C@@H]([C@H](C)CCC(=O)N(CCS(=O)(=O)[O-])Cc4cccnc4)CC[C@@H]23)[C@@]2(C)CC[C@@H](O)C[C@@H]12. The van der Waals surface area contributed by atoms with E-state index in [1.807, 2.05) is 6.07 Å². The number of carbonyl (C=O) groups excluding carboxylic acids is 1. The van der Waals surface area contributed by atoms with Crippen molar-refractivity contribution in [1.82, 2.24) is 9.88 Å². The van der Waals surface area contributed by atoms with Crippen LogP contribution in [0.25, 0.3) is 0 Å². The van der Waals surface area contributed by atoms with Crippen LogP contribution in [0.2, 0.25) is 0 Å². The Balaban J connectivity index is 1.31. The second-order valence-electron chi connectivity index (χ2n) is 15.1. The van der Waals surface area contributed by atoms with Crippen molar-refractivity contribution in [2.24, 2.45) is 52.3 Å². The minimum absolute atomic E-state index is 0.00244. The summed E-state index contributed by atoms with van der Waals surface area (Å²) < 4.78 is 34.1. The Labute approximate surface area is 263 Å². The van der Waals surface area contributed by atoms with E-state index in [1.165, 1.54) is 4.90 Å². The van der Waals surface area contributed by atoms with Gasteiger partial charge in [-0.15, -0.1) is 0 Å². The van der Waals surface area contributed by atoms with Crippen LogP contribution in [-0.2, 0) is 21.5 Å². The third-order valence-corrected chi connectivity index (χ3v) is 13.8. The van der Waals surface area contributed by atoms with Gasteiger partial charge in [0.15, 0.2) is 0 Å². The van der Waals surface area contributed by atoms with Gasteiger partial charge in [0.2, 0.25) is 5.91 Å². The topological polar surface area (TPSA) is 151 Å². The summed E-state index contributed by atoms with van der Waals surface area (Å²) in [4.78, 5) is 18.9. The van der Waals surface area contributed by atoms with Gasteiger partial charge in [-0.05, 0) is 109 Å². The minimum Gasteiger partial charge on any atom is -0.748 e. The molecule has 0 aromatic carbocycles. The molecule has 0 radical (unpaired) electrons. The average Bonchev–Trinajstić information content (AvgIpc) is 3.34. The quantitative estimate of drug-likeness (QED) is 0.328. The number of aliphatic hydroxyl groups is 3. The molecule has 3 N–H and O–H groups in total. The van der Waals surface area contributed by atoms with Crippen molar-refractivity contribution in [3.8, 4) is 0 Å². The van der Waals surface area contributed by atoms with Crippen LogP contribution < -0.4 is 0 Å². The van der Waals surface area contributed by atoms with Crippen LogP contribution in [0.4, 0.5) is 0 Å². The second-order valence-corrected chi connectivity index (χ2v) is 16.7. The van der Waals surface area contributed by atoms with Gasteiger partial charge in [-0.25, -0.2) is 8.42 Å². The molecule has 4 aliphatic rings. The van der Waals surface area contributed by atoms with Gasteiger partial charge in [-0.2, -0.15) is 0 Å². The van der Waals surface area contributed by atoms with Crippen LogP contribution in [-0.4, -0.2) is 74.7 Å². The van der Waals surface area contributed by atoms with Crippen LogP contribution >= 0.6 is 0 Å². The molecule has 1 aromatic heterocycles. The van der Waals surface area contributed by atoms with Crippen molar-refractivity contribution < 1.29 is 33.1 Å². The highest BCUT2D eigenvalue weighted by molar-refractivity contribution is 7.85. The molecule has 9 nitrogen and oxygen atoms in total. The van der Waals surface area contributed by atoms with Gasteiger partial charge in [0.1, 0.15) is 0 Å². The second kappa shape index (κ2) is 12.9. The van der Waals surface area contributed by atoms with Crippen molar-refractivity contribution >= 4 is 16.0 Å². The predicted molar refractivity (Wildman–Crippen MR) is 166 cm³/mol. The lowest BCUT2D eigenvalue weighted by molar-refractivity contribution is -0.228. The Morgan fingerprint density at radius 3 is 2.55 bits per heavy atom. The third-order valence-electron chi connectivity index (χ3n) is 13.1. The number of carbonyl (C=O) groups is 1. The van der Waals surface area contributed by atoms with E-state index in [-0.39, 0.29) is 83.8 Å². The third kappa shape index (κ3) is 6.23. The predicted octanol–water partition coefficient (Wildman–Crippen LogP) is 3.97. The molecule has 4 saturated carbocycles. The van der Waals surface area contributed by atoms with E-state index in [2.05, 4.69) is 32.7 Å². The molecule has 0 bridgehead atoms. The summed E-state index contributed by atoms with van der Waals surface area (Å²) in [7, 11) is -4.47. The summed E-state index contributed by atoms with van der Waals surface area (Å²) in [6.07, 6.45) is 8.71. The molecular weight excluding hydrogens is 580 g/mol. The number of fused-ring (bicyclic) bond motifs is 5. The monoisotopic (exact) mass is 633 g/mol. The van der Waals surface area contributed by atoms with Gasteiger partial charge in [-0.3, -0.25) is 9.78 Å². The summed E-state index contributed by atoms with van der Waals surface area (Å²) in [5.41, 5.74) is 0.396. The van der Waals surface area contributed by atoms with Gasteiger partial charge in [0.25, 0.3) is 0 Å². The van der Waals surface area contributed by atoms with E-state index >= 15 is 0 Å². The Bertz CT molecular complexity index is 1260. The van der Waals surface area contributed by atoms with E-state index < -0.39 is 28.1 Å². The lowest BCUT2D eigenvalue weighted by atomic mass is 9.41. The summed E-state index contributed by atoms with van der Waals surface area (Å²) in [5.74, 6) is 0.442. The van der Waals surface area contributed by atoms with E-state index in [0.717, 1.165) is 44.1 Å². The number of nitrogens with zero attached hydrogens (tertiary/aromatic N) is 2. The maximum Gasteiger partial charge on any atom is 0.222 e. The summed E-state index contributed by atoms with van der Waals surface area (Å²) in [5, 5.41) is 34.5. The molecule has 12 atom stereocenters. The molecule has 10 heteroatoms. The van der Waals surface area contributed by atoms with Crippen LogP contribution in [0.5, 0.6) is 0 Å². The van der Waals surface area contributed by atoms with Crippen molar-refractivity contribution in [3.63, 3.8) is 0 Å². The maximum atomic E-state index is 13.4. The molecule has 5 rings (SSSR count). The zero-order valence-corrected chi connectivity index (χ0v) is 27.7. The van der Waals surface area contributed by atoms with Gasteiger partial charge in [0, 0.05) is 31.9 Å². The first-order valence-electron chi connectivity index (χ1n) is 16.8. The van der Waals surface area contributed by atoms with Crippen LogP contribution in [0.3, 0.4) is 0 Å². The number of amides is 1. The van der Waals surface area contributed by atoms with Crippen LogP contribution in [0, 0.1) is 52.3 Å². The number of aromatic nitrogens is 1. The summed E-state index contributed by atoms with van der Waals surface area (Å²) >= 11 is 0. The van der Waals surface area contributed by atoms with Crippen molar-refractivity contribution in [2.75, 3.05) is 12.3 Å². The number of aliphatic hydroxyl groups excluding tert-OH is 3. The Hall–Kier alpha value is -1.59. The highest BCUT2D eigenvalue weighted by Gasteiger charge is 2.67. The first-order chi connectivity index (χ1) is 20.7. The fourth-order valence-electron chi connectivity index (χ4n) is 10.8. The Kier molecular flexibility index (Phi) is 9.90. The number of hydrogen-bond acceptors (Lipinski definition) is 8. The number of rotatable bonds is 10. The largest absolute Gasteiger partial charge is 0.748 e. The fourth-order valence-corrected chi connectivity index (χ4v) is 11.3. The van der Waals surface area contributed by atoms with Gasteiger partial charge < -0.3 is 24.8 Å². The Morgan fingerprint density at radius 2 is 1.89 bits per heavy atom. The zero-order valence-electron chi connectivity index (χ0n) is 26.8. The van der Waals surface area contributed by atoms with Gasteiger partial charge in [-0.1, -0.05) is 40.2 Å². The molecule has 0 saturated heterocycles. The molecule has 0 spiro atoms. The highest BCUT2D eigenvalue weighted by atomic mass is 32.2. The number of hydrogen-bond donors (Lipinski definition) is 3. The minimum atomic E-state index is -4.47. The molecule has 44 heavy (non-hydrogen) atoms. The normalized spacial score (nSPS) is 40.9. The summed E-state index contributed by atoms with van der Waals surface area (Å²) in [6, 6.07) is 3.57. The average molecular weight is 634 g/mol. The summed E-state index contributed by atoms with van der Waals surface area (Å²) in [6.45, 7) is 8.92. The van der Waals surface area contributed by atoms with Crippen molar-refractivity contribution in [3.05, 3.63) is 30.1 Å². The van der Waals surface area contributed by atoms with Crippen molar-refractivity contribution in [2.45, 2.75) is 110 Å². The lowest BCUT2D eigenvalue weighted by Gasteiger charge is -2.65. The highest BCUT2D eigenvalue weighted by Crippen LogP contribution is 2.69. The van der Waals surface area contributed by atoms with Crippen molar-refractivity contribution in [1.29, 1.82) is 0 Å².